The second-order valence-corrected chi connectivity index (χ2v) is 14.7. The Morgan fingerprint density at radius 2 is 1.84 bits per heavy atom. The molecule has 0 radical (unpaired) electrons. The van der Waals surface area contributed by atoms with Gasteiger partial charge in [0.2, 0.25) is 11.8 Å². The van der Waals surface area contributed by atoms with E-state index >= 15 is 0 Å². The number of β-amino-alcohol motifs (C(OH)–C–C–N with tert-alkyl or cyclic N) is 1. The highest BCUT2D eigenvalue weighted by Crippen LogP contribution is 2.36. The van der Waals surface area contributed by atoms with Crippen LogP contribution in [0.15, 0.2) is 48.0 Å². The number of amides is 3. The fourth-order valence-corrected chi connectivity index (χ4v) is 7.17. The van der Waals surface area contributed by atoms with Crippen molar-refractivity contribution in [2.75, 3.05) is 6.54 Å². The molecule has 0 bridgehead atoms. The first kappa shape index (κ1) is 30.9. The molecule has 3 atom stereocenters. The predicted octanol–water partition coefficient (Wildman–Crippen LogP) is 5.06. The van der Waals surface area contributed by atoms with Crippen LogP contribution in [0, 0.1) is 12.3 Å². The predicted molar refractivity (Wildman–Crippen MR) is 169 cm³/mol. The minimum Gasteiger partial charge on any atom is -0.391 e. The van der Waals surface area contributed by atoms with Gasteiger partial charge in [-0.1, -0.05) is 71.9 Å². The fraction of sp³-hybridized carbons (Fsp3) is 0.471. The standard InChI is InChI=1S/C34H42N4O4S/c1-20-28(43-19-36-20)21-12-13-22(26(14-21)33(2,3)4)16-35-30(40)27-15-24(39)18-37(27)32(42)29(34(5,6)7)38-17-23-10-8-9-11-25(23)31(38)41/h8-14,19,24,27,29,39H,15-18H2,1-7H3,(H,35,40)/t24-,27+,29-/m1/s1. The maximum Gasteiger partial charge on any atom is 0.255 e. The summed E-state index contributed by atoms with van der Waals surface area (Å²) in [5.74, 6) is -0.808. The molecule has 1 aromatic heterocycles. The number of hydrogen-bond donors (Lipinski definition) is 2. The zero-order valence-corrected chi connectivity index (χ0v) is 26.9. The van der Waals surface area contributed by atoms with Gasteiger partial charge in [-0.05, 0) is 52.1 Å². The van der Waals surface area contributed by atoms with E-state index in [1.54, 1.807) is 22.3 Å². The Labute approximate surface area is 258 Å². The topological polar surface area (TPSA) is 103 Å². The lowest BCUT2D eigenvalue weighted by atomic mass is 9.82. The van der Waals surface area contributed by atoms with Crippen LogP contribution in [0.4, 0.5) is 0 Å². The lowest BCUT2D eigenvalue weighted by Gasteiger charge is -2.40. The molecule has 1 fully saturated rings. The third-order valence-electron chi connectivity index (χ3n) is 8.46. The third-order valence-corrected chi connectivity index (χ3v) is 9.44. The first-order valence-electron chi connectivity index (χ1n) is 14.9. The van der Waals surface area contributed by atoms with Gasteiger partial charge < -0.3 is 20.2 Å². The molecule has 1 saturated heterocycles. The summed E-state index contributed by atoms with van der Waals surface area (Å²) in [7, 11) is 0. The molecule has 2 aromatic carbocycles. The van der Waals surface area contributed by atoms with Crippen LogP contribution >= 0.6 is 11.3 Å². The van der Waals surface area contributed by atoms with Crippen LogP contribution in [0.5, 0.6) is 0 Å². The second-order valence-electron chi connectivity index (χ2n) is 13.9. The highest BCUT2D eigenvalue weighted by molar-refractivity contribution is 7.13. The van der Waals surface area contributed by atoms with Gasteiger partial charge in [-0.15, -0.1) is 11.3 Å². The number of carbonyl (C=O) groups is 3. The van der Waals surface area contributed by atoms with Gasteiger partial charge >= 0.3 is 0 Å². The number of aryl methyl sites for hydroxylation is 1. The summed E-state index contributed by atoms with van der Waals surface area (Å²) in [6, 6.07) is 12.1. The molecule has 0 spiro atoms. The van der Waals surface area contributed by atoms with Crippen molar-refractivity contribution in [1.29, 1.82) is 0 Å². The van der Waals surface area contributed by atoms with Crippen LogP contribution in [-0.4, -0.2) is 62.3 Å². The van der Waals surface area contributed by atoms with Gasteiger partial charge in [0.05, 0.1) is 22.2 Å². The lowest BCUT2D eigenvalue weighted by Crippen LogP contribution is -2.57. The van der Waals surface area contributed by atoms with E-state index in [9.17, 15) is 19.5 Å². The van der Waals surface area contributed by atoms with Crippen molar-refractivity contribution in [3.8, 4) is 10.4 Å². The molecule has 2 N–H and O–H groups in total. The molecule has 2 aliphatic rings. The maximum atomic E-state index is 14.2. The van der Waals surface area contributed by atoms with Gasteiger partial charge in [0, 0.05) is 31.6 Å². The number of nitrogens with zero attached hydrogens (tertiary/aromatic N) is 3. The summed E-state index contributed by atoms with van der Waals surface area (Å²) in [6.07, 6.45) is -0.669. The van der Waals surface area contributed by atoms with Gasteiger partial charge in [0.15, 0.2) is 0 Å². The molecule has 228 valence electrons. The molecule has 0 unspecified atom stereocenters. The average molecular weight is 603 g/mol. The Hall–Kier alpha value is -3.56. The minimum absolute atomic E-state index is 0.0502. The molecule has 5 rings (SSSR count). The Balaban J connectivity index is 1.36. The molecule has 0 aliphatic carbocycles. The number of aliphatic hydroxyl groups is 1. The molecule has 3 heterocycles. The number of carbonyl (C=O) groups excluding carboxylic acids is 3. The van der Waals surface area contributed by atoms with E-state index in [4.69, 9.17) is 0 Å². The average Bonchev–Trinajstić information content (AvgIpc) is 3.63. The maximum absolute atomic E-state index is 14.2. The summed E-state index contributed by atoms with van der Waals surface area (Å²) in [5, 5.41) is 13.7. The summed E-state index contributed by atoms with van der Waals surface area (Å²) in [4.78, 5) is 49.9. The number of aliphatic hydroxyl groups excluding tert-OH is 1. The first-order chi connectivity index (χ1) is 20.2. The quantitative estimate of drug-likeness (QED) is 0.411. The highest BCUT2D eigenvalue weighted by Gasteiger charge is 2.48. The summed E-state index contributed by atoms with van der Waals surface area (Å²) >= 11 is 1.61. The van der Waals surface area contributed by atoms with Crippen molar-refractivity contribution >= 4 is 29.1 Å². The monoisotopic (exact) mass is 602 g/mol. The number of fused-ring (bicyclic) bond motifs is 1. The van der Waals surface area contributed by atoms with Crippen molar-refractivity contribution in [3.05, 3.63) is 75.9 Å². The number of likely N-dealkylation sites (tertiary alicyclic amines) is 1. The van der Waals surface area contributed by atoms with Crippen molar-refractivity contribution in [2.24, 2.45) is 5.41 Å². The Bertz CT molecular complexity index is 1550. The second kappa shape index (κ2) is 11.5. The van der Waals surface area contributed by atoms with E-state index < -0.39 is 23.6 Å². The normalized spacial score (nSPS) is 19.5. The molecule has 9 heteroatoms. The largest absolute Gasteiger partial charge is 0.391 e. The first-order valence-corrected chi connectivity index (χ1v) is 15.7. The van der Waals surface area contributed by atoms with Crippen molar-refractivity contribution in [3.63, 3.8) is 0 Å². The number of benzene rings is 2. The number of hydrogen-bond acceptors (Lipinski definition) is 6. The molecular formula is C34H42N4O4S. The molecule has 2 aliphatic heterocycles. The molecule has 8 nitrogen and oxygen atoms in total. The van der Waals surface area contributed by atoms with Crippen LogP contribution in [0.2, 0.25) is 0 Å². The van der Waals surface area contributed by atoms with Gasteiger partial charge in [-0.2, -0.15) is 0 Å². The van der Waals surface area contributed by atoms with E-state index in [1.807, 2.05) is 57.5 Å². The Morgan fingerprint density at radius 1 is 1.12 bits per heavy atom. The van der Waals surface area contributed by atoms with Crippen LogP contribution in [0.25, 0.3) is 10.4 Å². The number of thiazole rings is 1. The van der Waals surface area contributed by atoms with Crippen molar-refractivity contribution < 1.29 is 19.5 Å². The molecule has 0 saturated carbocycles. The van der Waals surface area contributed by atoms with E-state index in [-0.39, 0.29) is 36.1 Å². The third kappa shape index (κ3) is 6.10. The Kier molecular flexibility index (Phi) is 8.26. The smallest absolute Gasteiger partial charge is 0.255 e. The van der Waals surface area contributed by atoms with Gasteiger partial charge in [-0.3, -0.25) is 14.4 Å². The SMILES string of the molecule is Cc1ncsc1-c1ccc(CNC(=O)[C@@H]2C[C@@H](O)CN2C(=O)[C@@H](N2Cc3ccccc3C2=O)C(C)(C)C)c(C(C)(C)C)c1. The van der Waals surface area contributed by atoms with Gasteiger partial charge in [0.25, 0.3) is 5.91 Å². The molecule has 3 amide bonds. The van der Waals surface area contributed by atoms with E-state index in [0.717, 1.165) is 32.8 Å². The van der Waals surface area contributed by atoms with Gasteiger partial charge in [-0.25, -0.2) is 4.98 Å². The number of nitrogens with one attached hydrogen (secondary N) is 1. The van der Waals surface area contributed by atoms with E-state index in [2.05, 4.69) is 43.2 Å². The van der Waals surface area contributed by atoms with Crippen LogP contribution in [0.1, 0.15) is 80.7 Å². The van der Waals surface area contributed by atoms with E-state index in [0.29, 0.717) is 18.7 Å². The Morgan fingerprint density at radius 3 is 2.47 bits per heavy atom. The van der Waals surface area contributed by atoms with Crippen LogP contribution < -0.4 is 5.32 Å². The van der Waals surface area contributed by atoms with Crippen molar-refractivity contribution in [2.45, 2.75) is 91.6 Å². The molecular weight excluding hydrogens is 560 g/mol. The summed E-state index contributed by atoms with van der Waals surface area (Å²) in [5.41, 5.74) is 6.78. The van der Waals surface area contributed by atoms with Gasteiger partial charge in [0.1, 0.15) is 12.1 Å². The molecule has 43 heavy (non-hydrogen) atoms. The fourth-order valence-electron chi connectivity index (χ4n) is 6.37. The minimum atomic E-state index is -0.829. The zero-order chi connectivity index (χ0) is 31.3. The number of aromatic nitrogens is 1. The lowest BCUT2D eigenvalue weighted by molar-refractivity contribution is -0.145. The highest BCUT2D eigenvalue weighted by atomic mass is 32.1. The zero-order valence-electron chi connectivity index (χ0n) is 26.1. The number of rotatable bonds is 6. The summed E-state index contributed by atoms with van der Waals surface area (Å²) in [6.45, 7) is 14.9. The van der Waals surface area contributed by atoms with Crippen LogP contribution in [0.3, 0.4) is 0 Å². The van der Waals surface area contributed by atoms with Crippen molar-refractivity contribution in [1.82, 2.24) is 20.1 Å². The van der Waals surface area contributed by atoms with Crippen LogP contribution in [-0.2, 0) is 28.1 Å². The summed E-state index contributed by atoms with van der Waals surface area (Å²) < 4.78 is 0. The molecule has 3 aromatic rings. The van der Waals surface area contributed by atoms with E-state index in [1.165, 1.54) is 4.90 Å².